The first-order chi connectivity index (χ1) is 6.59. The zero-order valence-corrected chi connectivity index (χ0v) is 8.95. The van der Waals surface area contributed by atoms with E-state index in [9.17, 15) is 4.79 Å². The summed E-state index contributed by atoms with van der Waals surface area (Å²) in [4.78, 5) is 11.4. The lowest BCUT2D eigenvalue weighted by molar-refractivity contribution is 0.100. The van der Waals surface area contributed by atoms with Crippen LogP contribution in [0.3, 0.4) is 0 Å². The molecule has 0 radical (unpaired) electrons. The zero-order chi connectivity index (χ0) is 10.3. The van der Waals surface area contributed by atoms with E-state index in [0.717, 1.165) is 11.4 Å². The molecule has 1 saturated carbocycles. The Balaban J connectivity index is 2.39. The second-order valence-corrected chi connectivity index (χ2v) is 4.32. The van der Waals surface area contributed by atoms with Crippen LogP contribution in [0, 0.1) is 0 Å². The van der Waals surface area contributed by atoms with Crippen molar-refractivity contribution in [3.8, 4) is 0 Å². The molecule has 1 heterocycles. The van der Waals surface area contributed by atoms with Crippen LogP contribution in [0.5, 0.6) is 0 Å². The fourth-order valence-electron chi connectivity index (χ4n) is 1.65. The zero-order valence-electron chi connectivity index (χ0n) is 8.95. The molecule has 1 aliphatic carbocycles. The van der Waals surface area contributed by atoms with Gasteiger partial charge in [-0.1, -0.05) is 0 Å². The average molecular weight is 192 g/mol. The molecule has 14 heavy (non-hydrogen) atoms. The van der Waals surface area contributed by atoms with Gasteiger partial charge in [-0.25, -0.2) is 0 Å². The van der Waals surface area contributed by atoms with Gasteiger partial charge < -0.3 is 0 Å². The Morgan fingerprint density at radius 3 is 2.57 bits per heavy atom. The van der Waals surface area contributed by atoms with Gasteiger partial charge in [0.25, 0.3) is 0 Å². The summed E-state index contributed by atoms with van der Waals surface area (Å²) >= 11 is 0. The lowest BCUT2D eigenvalue weighted by Crippen LogP contribution is -2.10. The molecule has 0 bridgehead atoms. The Morgan fingerprint density at radius 1 is 1.57 bits per heavy atom. The Kier molecular flexibility index (Phi) is 2.17. The fourth-order valence-corrected chi connectivity index (χ4v) is 1.65. The molecule has 0 saturated heterocycles. The van der Waals surface area contributed by atoms with Crippen molar-refractivity contribution in [2.45, 2.75) is 45.6 Å². The van der Waals surface area contributed by atoms with Crippen molar-refractivity contribution in [1.82, 2.24) is 9.78 Å². The summed E-state index contributed by atoms with van der Waals surface area (Å²) < 4.78 is 1.84. The summed E-state index contributed by atoms with van der Waals surface area (Å²) in [6.45, 7) is 5.71. The van der Waals surface area contributed by atoms with Crippen LogP contribution in [0.25, 0.3) is 0 Å². The monoisotopic (exact) mass is 192 g/mol. The van der Waals surface area contributed by atoms with E-state index in [0.29, 0.717) is 5.92 Å². The lowest BCUT2D eigenvalue weighted by Gasteiger charge is -2.07. The van der Waals surface area contributed by atoms with Crippen molar-refractivity contribution in [3.63, 3.8) is 0 Å². The molecule has 2 rings (SSSR count). The quantitative estimate of drug-likeness (QED) is 0.690. The van der Waals surface area contributed by atoms with Crippen LogP contribution < -0.4 is 0 Å². The minimum Gasteiger partial charge on any atom is -0.293 e. The molecule has 0 N–H and O–H groups in total. The summed E-state index contributed by atoms with van der Waals surface area (Å²) in [7, 11) is 0. The maximum atomic E-state index is 11.4. The molecular weight excluding hydrogens is 176 g/mol. The third kappa shape index (κ3) is 1.59. The number of carbonyl (C=O) groups excluding carboxylic acids is 1. The van der Waals surface area contributed by atoms with Crippen LogP contribution in [-0.2, 0) is 0 Å². The second-order valence-electron chi connectivity index (χ2n) is 4.32. The van der Waals surface area contributed by atoms with Crippen LogP contribution in [0.15, 0.2) is 6.07 Å². The molecule has 3 nitrogen and oxygen atoms in total. The van der Waals surface area contributed by atoms with Crippen molar-refractivity contribution < 1.29 is 4.79 Å². The fraction of sp³-hybridized carbons (Fsp3) is 0.636. The average Bonchev–Trinajstić information content (AvgIpc) is 2.83. The summed E-state index contributed by atoms with van der Waals surface area (Å²) in [5, 5.41) is 4.49. The van der Waals surface area contributed by atoms with E-state index >= 15 is 0 Å². The largest absolute Gasteiger partial charge is 0.293 e. The maximum absolute atomic E-state index is 11.4. The van der Waals surface area contributed by atoms with Gasteiger partial charge in [0.15, 0.2) is 5.78 Å². The Labute approximate surface area is 84.1 Å². The van der Waals surface area contributed by atoms with Crippen molar-refractivity contribution in [1.29, 1.82) is 0 Å². The van der Waals surface area contributed by atoms with Crippen molar-refractivity contribution in [2.75, 3.05) is 0 Å². The second kappa shape index (κ2) is 3.23. The van der Waals surface area contributed by atoms with E-state index < -0.39 is 0 Å². The summed E-state index contributed by atoms with van der Waals surface area (Å²) in [5.74, 6) is 0.728. The molecule has 0 spiro atoms. The van der Waals surface area contributed by atoms with Gasteiger partial charge in [-0.15, -0.1) is 0 Å². The Morgan fingerprint density at radius 2 is 2.21 bits per heavy atom. The first kappa shape index (κ1) is 9.44. The van der Waals surface area contributed by atoms with Gasteiger partial charge in [-0.2, -0.15) is 5.10 Å². The number of hydrogen-bond donors (Lipinski definition) is 0. The highest BCUT2D eigenvalue weighted by molar-refractivity contribution is 5.92. The van der Waals surface area contributed by atoms with Crippen LogP contribution in [0.1, 0.15) is 61.8 Å². The minimum atomic E-state index is 0.109. The molecule has 0 aliphatic heterocycles. The van der Waals surface area contributed by atoms with Gasteiger partial charge in [0.1, 0.15) is 5.69 Å². The smallest absolute Gasteiger partial charge is 0.177 e. The number of nitrogens with zero attached hydrogens (tertiary/aromatic N) is 2. The minimum absolute atomic E-state index is 0.109. The summed E-state index contributed by atoms with van der Waals surface area (Å²) in [5.41, 5.74) is 1.85. The number of carbonyl (C=O) groups is 1. The molecule has 1 aromatic rings. The Bertz CT molecular complexity index is 361. The third-order valence-electron chi connectivity index (χ3n) is 2.60. The standard InChI is InChI=1S/C11H16N2O/c1-7(2)13-11(8(3)14)6-10(12-13)9-4-5-9/h6-7,9H,4-5H2,1-3H3. The highest BCUT2D eigenvalue weighted by atomic mass is 16.1. The molecule has 1 aromatic heterocycles. The van der Waals surface area contributed by atoms with E-state index in [-0.39, 0.29) is 11.8 Å². The van der Waals surface area contributed by atoms with E-state index in [1.54, 1.807) is 6.92 Å². The number of aromatic nitrogens is 2. The van der Waals surface area contributed by atoms with Gasteiger partial charge in [0.05, 0.1) is 5.69 Å². The van der Waals surface area contributed by atoms with Gasteiger partial charge in [-0.3, -0.25) is 9.48 Å². The first-order valence-electron chi connectivity index (χ1n) is 5.20. The van der Waals surface area contributed by atoms with Crippen molar-refractivity contribution in [3.05, 3.63) is 17.5 Å². The predicted molar refractivity (Wildman–Crippen MR) is 54.6 cm³/mol. The highest BCUT2D eigenvalue weighted by Crippen LogP contribution is 2.39. The van der Waals surface area contributed by atoms with Crippen molar-refractivity contribution >= 4 is 5.78 Å². The molecule has 3 heteroatoms. The molecular formula is C11H16N2O. The number of ketones is 1. The van der Waals surface area contributed by atoms with Gasteiger partial charge in [-0.05, 0) is 32.8 Å². The van der Waals surface area contributed by atoms with E-state index in [2.05, 4.69) is 18.9 Å². The van der Waals surface area contributed by atoms with Crippen LogP contribution in [0.2, 0.25) is 0 Å². The third-order valence-corrected chi connectivity index (χ3v) is 2.60. The highest BCUT2D eigenvalue weighted by Gasteiger charge is 2.28. The van der Waals surface area contributed by atoms with E-state index in [1.165, 1.54) is 12.8 Å². The summed E-state index contributed by atoms with van der Waals surface area (Å²) in [6.07, 6.45) is 2.46. The van der Waals surface area contributed by atoms with Crippen LogP contribution in [0.4, 0.5) is 0 Å². The van der Waals surface area contributed by atoms with Crippen LogP contribution in [-0.4, -0.2) is 15.6 Å². The summed E-state index contributed by atoms with van der Waals surface area (Å²) in [6, 6.07) is 2.22. The lowest BCUT2D eigenvalue weighted by atomic mass is 10.2. The number of hydrogen-bond acceptors (Lipinski definition) is 2. The van der Waals surface area contributed by atoms with Gasteiger partial charge >= 0.3 is 0 Å². The van der Waals surface area contributed by atoms with E-state index in [4.69, 9.17) is 0 Å². The van der Waals surface area contributed by atoms with Crippen LogP contribution >= 0.6 is 0 Å². The number of Topliss-reactive ketones (excluding diaryl/α,β-unsaturated/α-hetero) is 1. The van der Waals surface area contributed by atoms with Crippen molar-refractivity contribution in [2.24, 2.45) is 0 Å². The molecule has 0 atom stereocenters. The predicted octanol–water partition coefficient (Wildman–Crippen LogP) is 2.54. The molecule has 0 amide bonds. The topological polar surface area (TPSA) is 34.9 Å². The SMILES string of the molecule is CC(=O)c1cc(C2CC2)nn1C(C)C. The first-order valence-corrected chi connectivity index (χ1v) is 5.20. The van der Waals surface area contributed by atoms with Gasteiger partial charge in [0.2, 0.25) is 0 Å². The molecule has 0 aromatic carbocycles. The molecule has 1 fully saturated rings. The molecule has 0 unspecified atom stereocenters. The molecule has 76 valence electrons. The Hall–Kier alpha value is -1.12. The van der Waals surface area contributed by atoms with Gasteiger partial charge in [0, 0.05) is 18.9 Å². The van der Waals surface area contributed by atoms with E-state index in [1.807, 2.05) is 10.7 Å². The molecule has 1 aliphatic rings. The normalized spacial score (nSPS) is 16.3. The number of rotatable bonds is 3. The maximum Gasteiger partial charge on any atom is 0.177 e.